The highest BCUT2D eigenvalue weighted by atomic mass is 79.9. The van der Waals surface area contributed by atoms with E-state index >= 15 is 0 Å². The summed E-state index contributed by atoms with van der Waals surface area (Å²) in [7, 11) is 0. The molecule has 0 fully saturated rings. The topological polar surface area (TPSA) is 77.0 Å². The average molecular weight is 581 g/mol. The lowest BCUT2D eigenvalue weighted by Gasteiger charge is -2.17. The first-order valence-electron chi connectivity index (χ1n) is 12.5. The first kappa shape index (κ1) is 26.1. The van der Waals surface area contributed by atoms with Crippen molar-refractivity contribution in [2.45, 2.75) is 19.4 Å². The number of fused-ring (bicyclic) bond motifs is 2. The standard InChI is InChI=1S/C32H25BrN2O4/c1-2-28(39-29-19-16-23-9-4-6-12-26(23)30(29)33)31(36)35-34-20-21-14-17-24(18-15-21)38-32(37)27-13-7-10-22-8-3-5-11-25(22)27/h3-20,28H,2H2,1H3,(H,35,36). The number of hydrazone groups is 1. The van der Waals surface area contributed by atoms with Gasteiger partial charge in [0.15, 0.2) is 6.10 Å². The van der Waals surface area contributed by atoms with Crippen molar-refractivity contribution in [1.82, 2.24) is 5.43 Å². The minimum atomic E-state index is -0.713. The molecule has 0 spiro atoms. The zero-order valence-corrected chi connectivity index (χ0v) is 22.7. The minimum Gasteiger partial charge on any atom is -0.479 e. The van der Waals surface area contributed by atoms with Crippen LogP contribution >= 0.6 is 15.9 Å². The van der Waals surface area contributed by atoms with Crippen molar-refractivity contribution < 1.29 is 19.1 Å². The summed E-state index contributed by atoms with van der Waals surface area (Å²) in [6.07, 6.45) is 1.28. The monoisotopic (exact) mass is 580 g/mol. The van der Waals surface area contributed by atoms with Gasteiger partial charge in [-0.2, -0.15) is 5.10 Å². The van der Waals surface area contributed by atoms with Crippen LogP contribution in [0.1, 0.15) is 29.3 Å². The third-order valence-electron chi connectivity index (χ3n) is 6.25. The number of carbonyl (C=O) groups excluding carboxylic acids is 2. The molecule has 1 atom stereocenters. The quantitative estimate of drug-likeness (QED) is 0.0905. The van der Waals surface area contributed by atoms with E-state index in [0.29, 0.717) is 23.5 Å². The summed E-state index contributed by atoms with van der Waals surface area (Å²) in [5.41, 5.74) is 3.78. The van der Waals surface area contributed by atoms with E-state index in [1.165, 1.54) is 6.21 Å². The number of ether oxygens (including phenoxy) is 2. The van der Waals surface area contributed by atoms with Gasteiger partial charge in [0.05, 0.1) is 16.3 Å². The van der Waals surface area contributed by atoms with Crippen molar-refractivity contribution in [2.24, 2.45) is 5.10 Å². The number of nitrogens with one attached hydrogen (secondary N) is 1. The highest BCUT2D eigenvalue weighted by Crippen LogP contribution is 2.34. The third kappa shape index (κ3) is 5.99. The molecule has 194 valence electrons. The fraction of sp³-hybridized carbons (Fsp3) is 0.0938. The molecule has 0 aliphatic rings. The van der Waals surface area contributed by atoms with Gasteiger partial charge in [0, 0.05) is 0 Å². The van der Waals surface area contributed by atoms with E-state index in [4.69, 9.17) is 9.47 Å². The Hall–Kier alpha value is -4.49. The van der Waals surface area contributed by atoms with E-state index in [0.717, 1.165) is 31.6 Å². The zero-order chi connectivity index (χ0) is 27.2. The molecule has 6 nitrogen and oxygen atoms in total. The van der Waals surface area contributed by atoms with Crippen LogP contribution in [0.5, 0.6) is 11.5 Å². The van der Waals surface area contributed by atoms with Gasteiger partial charge in [-0.1, -0.05) is 73.7 Å². The molecular formula is C32H25BrN2O4. The van der Waals surface area contributed by atoms with Gasteiger partial charge in [0.1, 0.15) is 11.5 Å². The lowest BCUT2D eigenvalue weighted by atomic mass is 10.0. The smallest absolute Gasteiger partial charge is 0.344 e. The van der Waals surface area contributed by atoms with E-state index in [1.54, 1.807) is 30.3 Å². The number of hydrogen-bond donors (Lipinski definition) is 1. The van der Waals surface area contributed by atoms with Gasteiger partial charge in [0.25, 0.3) is 5.91 Å². The Labute approximate surface area is 234 Å². The Morgan fingerprint density at radius 2 is 1.51 bits per heavy atom. The Kier molecular flexibility index (Phi) is 7.99. The molecule has 0 aromatic heterocycles. The van der Waals surface area contributed by atoms with Crippen LogP contribution in [0.15, 0.2) is 113 Å². The van der Waals surface area contributed by atoms with Crippen LogP contribution in [0.2, 0.25) is 0 Å². The molecule has 0 aliphatic heterocycles. The molecule has 5 aromatic carbocycles. The van der Waals surface area contributed by atoms with E-state index in [-0.39, 0.29) is 5.91 Å². The van der Waals surface area contributed by atoms with Gasteiger partial charge < -0.3 is 9.47 Å². The lowest BCUT2D eigenvalue weighted by molar-refractivity contribution is -0.128. The molecule has 0 aliphatic carbocycles. The van der Waals surface area contributed by atoms with Crippen molar-refractivity contribution in [3.63, 3.8) is 0 Å². The van der Waals surface area contributed by atoms with Crippen molar-refractivity contribution in [3.05, 3.63) is 119 Å². The summed E-state index contributed by atoms with van der Waals surface area (Å²) < 4.78 is 12.4. The van der Waals surface area contributed by atoms with Crippen LogP contribution < -0.4 is 14.9 Å². The summed E-state index contributed by atoms with van der Waals surface area (Å²) in [4.78, 5) is 25.5. The van der Waals surface area contributed by atoms with Crippen LogP contribution in [-0.4, -0.2) is 24.2 Å². The molecule has 1 unspecified atom stereocenters. The first-order chi connectivity index (χ1) is 19.0. The molecule has 7 heteroatoms. The van der Waals surface area contributed by atoms with Crippen molar-refractivity contribution in [3.8, 4) is 11.5 Å². The number of rotatable bonds is 8. The summed E-state index contributed by atoms with van der Waals surface area (Å²) in [5.74, 6) is 0.224. The molecule has 0 saturated heterocycles. The van der Waals surface area contributed by atoms with Gasteiger partial charge in [-0.15, -0.1) is 0 Å². The maximum absolute atomic E-state index is 12.8. The van der Waals surface area contributed by atoms with Crippen LogP contribution in [0, 0.1) is 0 Å². The van der Waals surface area contributed by atoms with Gasteiger partial charge in [0.2, 0.25) is 0 Å². The van der Waals surface area contributed by atoms with Gasteiger partial charge in [-0.3, -0.25) is 4.79 Å². The van der Waals surface area contributed by atoms with Crippen LogP contribution in [0.25, 0.3) is 21.5 Å². The molecule has 0 saturated carbocycles. The SMILES string of the molecule is CCC(Oc1ccc2ccccc2c1Br)C(=O)NN=Cc1ccc(OC(=O)c2cccc3ccccc23)cc1. The average Bonchev–Trinajstić information content (AvgIpc) is 2.97. The molecule has 1 amide bonds. The minimum absolute atomic E-state index is 0.352. The molecule has 0 bridgehead atoms. The largest absolute Gasteiger partial charge is 0.479 e. The first-order valence-corrected chi connectivity index (χ1v) is 13.3. The lowest BCUT2D eigenvalue weighted by Crippen LogP contribution is -2.35. The number of nitrogens with zero attached hydrogens (tertiary/aromatic N) is 1. The Morgan fingerprint density at radius 3 is 2.26 bits per heavy atom. The number of benzene rings is 5. The Bertz CT molecular complexity index is 1680. The Morgan fingerprint density at radius 1 is 0.846 bits per heavy atom. The second-order valence-corrected chi connectivity index (χ2v) is 9.63. The predicted molar refractivity (Wildman–Crippen MR) is 157 cm³/mol. The van der Waals surface area contributed by atoms with Crippen molar-refractivity contribution >= 4 is 55.6 Å². The second-order valence-electron chi connectivity index (χ2n) is 8.83. The molecule has 5 aromatic rings. The number of carbonyl (C=O) groups is 2. The van der Waals surface area contributed by atoms with E-state index in [9.17, 15) is 9.59 Å². The summed E-state index contributed by atoms with van der Waals surface area (Å²) in [5, 5.41) is 7.97. The molecule has 1 N–H and O–H groups in total. The van der Waals surface area contributed by atoms with E-state index in [2.05, 4.69) is 26.5 Å². The van der Waals surface area contributed by atoms with E-state index in [1.807, 2.05) is 79.7 Å². The number of halogens is 1. The highest BCUT2D eigenvalue weighted by Gasteiger charge is 2.20. The van der Waals surface area contributed by atoms with Crippen LogP contribution in [0.3, 0.4) is 0 Å². The highest BCUT2D eigenvalue weighted by molar-refractivity contribution is 9.10. The molecule has 5 rings (SSSR count). The number of hydrogen-bond acceptors (Lipinski definition) is 5. The predicted octanol–water partition coefficient (Wildman–Crippen LogP) is 7.28. The zero-order valence-electron chi connectivity index (χ0n) is 21.1. The second kappa shape index (κ2) is 11.9. The molecular weight excluding hydrogens is 556 g/mol. The number of amides is 1. The van der Waals surface area contributed by atoms with E-state index < -0.39 is 12.1 Å². The van der Waals surface area contributed by atoms with Gasteiger partial charge in [-0.25, -0.2) is 10.2 Å². The maximum Gasteiger partial charge on any atom is 0.344 e. The summed E-state index contributed by atoms with van der Waals surface area (Å²) in [6.45, 7) is 1.88. The summed E-state index contributed by atoms with van der Waals surface area (Å²) >= 11 is 3.60. The number of esters is 1. The van der Waals surface area contributed by atoms with Gasteiger partial charge in [-0.05, 0) is 85.9 Å². The maximum atomic E-state index is 12.8. The molecule has 39 heavy (non-hydrogen) atoms. The molecule has 0 heterocycles. The molecule has 0 radical (unpaired) electrons. The Balaban J connectivity index is 1.19. The normalized spacial score (nSPS) is 11.9. The third-order valence-corrected chi connectivity index (χ3v) is 7.07. The summed E-state index contributed by atoms with van der Waals surface area (Å²) in [6, 6.07) is 31.8. The van der Waals surface area contributed by atoms with Gasteiger partial charge >= 0.3 is 5.97 Å². The fourth-order valence-electron chi connectivity index (χ4n) is 4.21. The van der Waals surface area contributed by atoms with Crippen LogP contribution in [0.4, 0.5) is 0 Å². The fourth-order valence-corrected chi connectivity index (χ4v) is 4.80. The van der Waals surface area contributed by atoms with Crippen molar-refractivity contribution in [1.29, 1.82) is 0 Å². The van der Waals surface area contributed by atoms with Crippen LogP contribution in [-0.2, 0) is 4.79 Å². The van der Waals surface area contributed by atoms with Crippen molar-refractivity contribution in [2.75, 3.05) is 0 Å².